The normalized spacial score (nSPS) is 11.6. The molecular weight excluding hydrogens is 471 g/mol. The smallest absolute Gasteiger partial charge is 0.188 e. The molecule has 0 radical (unpaired) electrons. The van der Waals surface area contributed by atoms with Crippen molar-refractivity contribution in [2.75, 3.05) is 0 Å². The van der Waals surface area contributed by atoms with Gasteiger partial charge in [-0.3, -0.25) is 4.98 Å². The standard InChI is InChI=1S/C33H25N2OP/c1-3-24-15-17-31-29(21-24)30-22-25(4-2)16-18-32(30)35(31)26-19-20-34-33(23-26)37(36,27-11-7-5-8-12-27)28-13-9-6-10-14-28/h3-23H,1-2H2. The van der Waals surface area contributed by atoms with Crippen molar-refractivity contribution in [1.29, 1.82) is 0 Å². The maximum Gasteiger partial charge on any atom is 0.188 e. The summed E-state index contributed by atoms with van der Waals surface area (Å²) in [6.07, 6.45) is 5.48. The third kappa shape index (κ3) is 3.76. The molecule has 0 amide bonds. The van der Waals surface area contributed by atoms with Crippen molar-refractivity contribution >= 4 is 57.1 Å². The highest BCUT2D eigenvalue weighted by atomic mass is 31.2. The fraction of sp³-hybridized carbons (Fsp3) is 0. The molecule has 37 heavy (non-hydrogen) atoms. The van der Waals surface area contributed by atoms with Crippen LogP contribution in [0, 0.1) is 0 Å². The van der Waals surface area contributed by atoms with Crippen LogP contribution in [0.5, 0.6) is 0 Å². The Morgan fingerprint density at radius 2 is 1.16 bits per heavy atom. The third-order valence-corrected chi connectivity index (χ3v) is 9.77. The number of benzene rings is 4. The van der Waals surface area contributed by atoms with Crippen molar-refractivity contribution in [1.82, 2.24) is 9.55 Å². The van der Waals surface area contributed by atoms with E-state index >= 15 is 0 Å². The van der Waals surface area contributed by atoms with Crippen LogP contribution in [0.3, 0.4) is 0 Å². The minimum atomic E-state index is -3.20. The fourth-order valence-corrected chi connectivity index (χ4v) is 7.55. The molecule has 6 aromatic rings. The van der Waals surface area contributed by atoms with Crippen LogP contribution in [0.4, 0.5) is 0 Å². The first kappa shape index (κ1) is 23.0. The van der Waals surface area contributed by atoms with Crippen LogP contribution >= 0.6 is 7.14 Å². The third-order valence-electron chi connectivity index (χ3n) is 6.83. The van der Waals surface area contributed by atoms with Gasteiger partial charge < -0.3 is 9.13 Å². The lowest BCUT2D eigenvalue weighted by molar-refractivity contribution is 0.592. The second kappa shape index (κ2) is 9.20. The van der Waals surface area contributed by atoms with Crippen LogP contribution in [0.1, 0.15) is 11.1 Å². The molecule has 2 heterocycles. The van der Waals surface area contributed by atoms with Crippen LogP contribution in [0.2, 0.25) is 0 Å². The number of hydrogen-bond acceptors (Lipinski definition) is 2. The highest BCUT2D eigenvalue weighted by Gasteiger charge is 2.31. The van der Waals surface area contributed by atoms with Gasteiger partial charge in [-0.05, 0) is 47.5 Å². The lowest BCUT2D eigenvalue weighted by atomic mass is 10.1. The van der Waals surface area contributed by atoms with Crippen LogP contribution in [-0.4, -0.2) is 9.55 Å². The van der Waals surface area contributed by atoms with E-state index in [4.69, 9.17) is 0 Å². The average molecular weight is 497 g/mol. The Bertz CT molecular complexity index is 1730. The Morgan fingerprint density at radius 3 is 1.65 bits per heavy atom. The topological polar surface area (TPSA) is 34.9 Å². The number of hydrogen-bond donors (Lipinski definition) is 0. The predicted molar refractivity (Wildman–Crippen MR) is 158 cm³/mol. The van der Waals surface area contributed by atoms with Crippen molar-refractivity contribution in [2.45, 2.75) is 0 Å². The predicted octanol–water partition coefficient (Wildman–Crippen LogP) is 7.10. The largest absolute Gasteiger partial charge is 0.309 e. The van der Waals surface area contributed by atoms with Crippen molar-refractivity contribution in [2.24, 2.45) is 0 Å². The molecule has 4 heteroatoms. The van der Waals surface area contributed by atoms with Gasteiger partial charge >= 0.3 is 0 Å². The molecule has 0 aliphatic carbocycles. The van der Waals surface area contributed by atoms with Crippen LogP contribution in [0.15, 0.2) is 129 Å². The summed E-state index contributed by atoms with van der Waals surface area (Å²) in [4.78, 5) is 4.69. The number of pyridine rings is 1. The minimum Gasteiger partial charge on any atom is -0.309 e. The first-order chi connectivity index (χ1) is 18.1. The zero-order chi connectivity index (χ0) is 25.4. The van der Waals surface area contributed by atoms with Crippen LogP contribution < -0.4 is 16.0 Å². The molecule has 0 saturated carbocycles. The van der Waals surface area contributed by atoms with Gasteiger partial charge in [0.15, 0.2) is 7.14 Å². The SMILES string of the molecule is C=Cc1ccc2c(c1)c1cc(C=C)ccc1n2-c1ccnc(P(=O)(c2ccccc2)c2ccccc2)c1. The molecular formula is C33H25N2OP. The van der Waals surface area contributed by atoms with E-state index in [-0.39, 0.29) is 0 Å². The lowest BCUT2D eigenvalue weighted by Crippen LogP contribution is -2.27. The van der Waals surface area contributed by atoms with Gasteiger partial charge in [0.1, 0.15) is 5.44 Å². The number of fused-ring (bicyclic) bond motifs is 3. The molecule has 0 fully saturated rings. The molecule has 178 valence electrons. The molecule has 0 N–H and O–H groups in total. The molecule has 4 aromatic carbocycles. The lowest BCUT2D eigenvalue weighted by Gasteiger charge is -2.20. The second-order valence-corrected chi connectivity index (χ2v) is 11.7. The molecule has 0 spiro atoms. The van der Waals surface area contributed by atoms with Gasteiger partial charge in [0.2, 0.25) is 0 Å². The Labute approximate surface area is 216 Å². The molecule has 0 bridgehead atoms. The van der Waals surface area contributed by atoms with Gasteiger partial charge in [-0.15, -0.1) is 0 Å². The van der Waals surface area contributed by atoms with Crippen molar-refractivity contribution in [3.63, 3.8) is 0 Å². The zero-order valence-electron chi connectivity index (χ0n) is 20.3. The zero-order valence-corrected chi connectivity index (χ0v) is 21.2. The molecule has 0 aliphatic heterocycles. The summed E-state index contributed by atoms with van der Waals surface area (Å²) < 4.78 is 17.2. The van der Waals surface area contributed by atoms with E-state index in [1.165, 1.54) is 0 Å². The van der Waals surface area contributed by atoms with Gasteiger partial charge in [0, 0.05) is 27.6 Å². The van der Waals surface area contributed by atoms with E-state index in [1.807, 2.05) is 84.9 Å². The van der Waals surface area contributed by atoms with Gasteiger partial charge in [-0.1, -0.05) is 98.1 Å². The fourth-order valence-electron chi connectivity index (χ4n) is 5.00. The minimum absolute atomic E-state index is 0.558. The highest BCUT2D eigenvalue weighted by molar-refractivity contribution is 7.85. The van der Waals surface area contributed by atoms with E-state index in [0.717, 1.165) is 49.2 Å². The monoisotopic (exact) mass is 496 g/mol. The molecule has 0 aliphatic rings. The van der Waals surface area contributed by atoms with Gasteiger partial charge in [-0.25, -0.2) is 0 Å². The summed E-state index contributed by atoms with van der Waals surface area (Å²) in [7, 11) is -3.20. The maximum absolute atomic E-state index is 14.9. The van der Waals surface area contributed by atoms with Crippen molar-refractivity contribution < 1.29 is 4.57 Å². The number of nitrogens with zero attached hydrogens (tertiary/aromatic N) is 2. The Balaban J connectivity index is 1.64. The number of aromatic nitrogens is 2. The summed E-state index contributed by atoms with van der Waals surface area (Å²) in [6, 6.07) is 35.9. The van der Waals surface area contributed by atoms with E-state index in [0.29, 0.717) is 5.44 Å². The van der Waals surface area contributed by atoms with Gasteiger partial charge in [0.25, 0.3) is 0 Å². The number of rotatable bonds is 6. The van der Waals surface area contributed by atoms with Gasteiger partial charge in [0.05, 0.1) is 16.7 Å². The van der Waals surface area contributed by atoms with Gasteiger partial charge in [-0.2, -0.15) is 0 Å². The van der Waals surface area contributed by atoms with E-state index in [1.54, 1.807) is 6.20 Å². The molecule has 0 atom stereocenters. The molecule has 0 unspecified atom stereocenters. The Hall–Kier alpha value is -4.46. The van der Waals surface area contributed by atoms with E-state index in [9.17, 15) is 4.57 Å². The molecule has 6 rings (SSSR count). The first-order valence-electron chi connectivity index (χ1n) is 12.1. The molecule has 2 aromatic heterocycles. The second-order valence-electron chi connectivity index (χ2n) is 8.95. The molecule has 0 saturated heterocycles. The van der Waals surface area contributed by atoms with Crippen molar-refractivity contribution in [3.8, 4) is 5.69 Å². The Morgan fingerprint density at radius 1 is 0.649 bits per heavy atom. The quantitative estimate of drug-likeness (QED) is 0.231. The highest BCUT2D eigenvalue weighted by Crippen LogP contribution is 2.42. The van der Waals surface area contributed by atoms with Crippen molar-refractivity contribution in [3.05, 3.63) is 140 Å². The summed E-state index contributed by atoms with van der Waals surface area (Å²) in [5, 5.41) is 3.78. The Kier molecular flexibility index (Phi) is 5.71. The summed E-state index contributed by atoms with van der Waals surface area (Å²) in [6.45, 7) is 7.90. The van der Waals surface area contributed by atoms with E-state index in [2.05, 4.69) is 59.1 Å². The molecule has 3 nitrogen and oxygen atoms in total. The first-order valence-corrected chi connectivity index (χ1v) is 13.9. The van der Waals surface area contributed by atoms with Crippen LogP contribution in [0.25, 0.3) is 39.6 Å². The summed E-state index contributed by atoms with van der Waals surface area (Å²) in [5.41, 5.74) is 5.71. The maximum atomic E-state index is 14.9. The van der Waals surface area contributed by atoms with Crippen LogP contribution in [-0.2, 0) is 4.57 Å². The summed E-state index contributed by atoms with van der Waals surface area (Å²) >= 11 is 0. The van der Waals surface area contributed by atoms with E-state index < -0.39 is 7.14 Å². The summed E-state index contributed by atoms with van der Waals surface area (Å²) in [5.74, 6) is 0. The average Bonchev–Trinajstić information content (AvgIpc) is 3.30.